The van der Waals surface area contributed by atoms with Crippen molar-refractivity contribution in [1.29, 1.82) is 0 Å². The second-order valence-electron chi connectivity index (χ2n) is 3.86. The lowest BCUT2D eigenvalue weighted by Crippen LogP contribution is -2.21. The van der Waals surface area contributed by atoms with Gasteiger partial charge >= 0.3 is 6.09 Å². The molecule has 1 atom stereocenters. The highest BCUT2D eigenvalue weighted by molar-refractivity contribution is 6.32. The van der Waals surface area contributed by atoms with Gasteiger partial charge in [-0.05, 0) is 32.9 Å². The van der Waals surface area contributed by atoms with Crippen LogP contribution in [0.4, 0.5) is 10.5 Å². The van der Waals surface area contributed by atoms with E-state index in [1.807, 2.05) is 0 Å². The molecule has 0 heterocycles. The number of nitrogens with one attached hydrogen (secondary N) is 1. The van der Waals surface area contributed by atoms with Crippen LogP contribution in [0.5, 0.6) is 5.75 Å². The average Bonchev–Trinajstić information content (AvgIpc) is 2.33. The molecular weight excluding hydrogens is 270 g/mol. The van der Waals surface area contributed by atoms with Crippen LogP contribution in [0.15, 0.2) is 18.2 Å². The van der Waals surface area contributed by atoms with Crippen LogP contribution >= 0.6 is 11.6 Å². The number of amides is 1. The van der Waals surface area contributed by atoms with Gasteiger partial charge in [-0.15, -0.1) is 0 Å². The molecule has 0 aromatic heterocycles. The Balaban J connectivity index is 2.82. The van der Waals surface area contributed by atoms with Gasteiger partial charge in [0.25, 0.3) is 0 Å². The summed E-state index contributed by atoms with van der Waals surface area (Å²) in [5.74, 6) is 0.221. The normalized spacial score (nSPS) is 11.6. The van der Waals surface area contributed by atoms with Crippen LogP contribution in [0.2, 0.25) is 5.02 Å². The van der Waals surface area contributed by atoms with Crippen molar-refractivity contribution in [2.75, 3.05) is 11.9 Å². The lowest BCUT2D eigenvalue weighted by atomic mass is 10.2. The molecule has 1 rings (SSSR count). The zero-order valence-corrected chi connectivity index (χ0v) is 11.8. The van der Waals surface area contributed by atoms with E-state index in [1.54, 1.807) is 32.0 Å². The predicted octanol–water partition coefficient (Wildman–Crippen LogP) is 3.26. The lowest BCUT2D eigenvalue weighted by molar-refractivity contribution is -0.122. The van der Waals surface area contributed by atoms with E-state index in [-0.39, 0.29) is 12.4 Å². The number of Topliss-reactive ketones (excluding diaryl/α,β-unsaturated/α-hetero) is 1. The molecule has 0 radical (unpaired) electrons. The molecule has 1 unspecified atom stereocenters. The largest absolute Gasteiger partial charge is 0.481 e. The molecule has 104 valence electrons. The second kappa shape index (κ2) is 6.99. The number of hydrogen-bond acceptors (Lipinski definition) is 4. The first-order valence-electron chi connectivity index (χ1n) is 5.84. The first-order chi connectivity index (χ1) is 8.93. The van der Waals surface area contributed by atoms with Gasteiger partial charge in [0.1, 0.15) is 5.75 Å². The molecular formula is C13H16ClNO4. The van der Waals surface area contributed by atoms with E-state index in [9.17, 15) is 9.59 Å². The number of hydrogen-bond donors (Lipinski definition) is 1. The minimum atomic E-state index is -0.602. The number of ketones is 1. The van der Waals surface area contributed by atoms with Crippen molar-refractivity contribution in [2.24, 2.45) is 0 Å². The van der Waals surface area contributed by atoms with E-state index in [4.69, 9.17) is 21.1 Å². The smallest absolute Gasteiger partial charge is 0.411 e. The van der Waals surface area contributed by atoms with Gasteiger partial charge in [0.15, 0.2) is 11.9 Å². The van der Waals surface area contributed by atoms with Gasteiger partial charge in [0.2, 0.25) is 0 Å². The molecule has 5 nitrogen and oxygen atoms in total. The van der Waals surface area contributed by atoms with E-state index in [1.165, 1.54) is 6.92 Å². The molecule has 0 aliphatic rings. The molecule has 0 fully saturated rings. The van der Waals surface area contributed by atoms with Crippen molar-refractivity contribution in [2.45, 2.75) is 26.9 Å². The Bertz CT molecular complexity index is 476. The highest BCUT2D eigenvalue weighted by Gasteiger charge is 2.13. The average molecular weight is 286 g/mol. The lowest BCUT2D eigenvalue weighted by Gasteiger charge is -2.14. The van der Waals surface area contributed by atoms with Crippen molar-refractivity contribution < 1.29 is 19.1 Å². The molecule has 6 heteroatoms. The van der Waals surface area contributed by atoms with Gasteiger partial charge in [0, 0.05) is 11.8 Å². The van der Waals surface area contributed by atoms with E-state index >= 15 is 0 Å². The van der Waals surface area contributed by atoms with Gasteiger partial charge < -0.3 is 9.47 Å². The van der Waals surface area contributed by atoms with E-state index in [2.05, 4.69) is 5.32 Å². The summed E-state index contributed by atoms with van der Waals surface area (Å²) in [4.78, 5) is 22.4. The maximum atomic E-state index is 11.3. The summed E-state index contributed by atoms with van der Waals surface area (Å²) in [7, 11) is 0. The quantitative estimate of drug-likeness (QED) is 0.902. The van der Waals surface area contributed by atoms with Crippen molar-refractivity contribution in [3.63, 3.8) is 0 Å². The topological polar surface area (TPSA) is 64.6 Å². The Hall–Kier alpha value is -1.75. The number of benzene rings is 1. The SMILES string of the molecule is CCOC(=O)Nc1ccc(Cl)c(OC(C)C(C)=O)c1. The zero-order chi connectivity index (χ0) is 14.4. The first kappa shape index (κ1) is 15.3. The molecule has 1 aromatic carbocycles. The van der Waals surface area contributed by atoms with Gasteiger partial charge in [-0.1, -0.05) is 11.6 Å². The summed E-state index contributed by atoms with van der Waals surface area (Å²) in [5, 5.41) is 2.89. The minimum Gasteiger partial charge on any atom is -0.481 e. The predicted molar refractivity (Wildman–Crippen MR) is 72.9 cm³/mol. The highest BCUT2D eigenvalue weighted by atomic mass is 35.5. The van der Waals surface area contributed by atoms with Crippen molar-refractivity contribution >= 4 is 29.2 Å². The fraction of sp³-hybridized carbons (Fsp3) is 0.385. The Kier molecular flexibility index (Phi) is 5.63. The number of halogens is 1. The van der Waals surface area contributed by atoms with Crippen molar-refractivity contribution in [3.8, 4) is 5.75 Å². The maximum absolute atomic E-state index is 11.3. The molecule has 1 N–H and O–H groups in total. The van der Waals surface area contributed by atoms with Crippen LogP contribution in [0.1, 0.15) is 20.8 Å². The third-order valence-electron chi connectivity index (χ3n) is 2.33. The van der Waals surface area contributed by atoms with Crippen molar-refractivity contribution in [1.82, 2.24) is 0 Å². The number of rotatable bonds is 5. The molecule has 19 heavy (non-hydrogen) atoms. The van der Waals surface area contributed by atoms with Crippen LogP contribution in [0.25, 0.3) is 0 Å². The summed E-state index contributed by atoms with van der Waals surface area (Å²) in [6, 6.07) is 4.73. The molecule has 0 aliphatic heterocycles. The monoisotopic (exact) mass is 285 g/mol. The fourth-order valence-corrected chi connectivity index (χ4v) is 1.39. The Morgan fingerprint density at radius 2 is 2.11 bits per heavy atom. The third kappa shape index (κ3) is 4.79. The maximum Gasteiger partial charge on any atom is 0.411 e. The molecule has 0 saturated heterocycles. The van der Waals surface area contributed by atoms with Crippen molar-refractivity contribution in [3.05, 3.63) is 23.2 Å². The summed E-state index contributed by atoms with van der Waals surface area (Å²) in [6.45, 7) is 5.05. The summed E-state index contributed by atoms with van der Waals surface area (Å²) in [6.07, 6.45) is -1.16. The van der Waals surface area contributed by atoms with Crippen LogP contribution in [0, 0.1) is 0 Å². The Morgan fingerprint density at radius 3 is 2.68 bits per heavy atom. The van der Waals surface area contributed by atoms with E-state index < -0.39 is 12.2 Å². The molecule has 1 aromatic rings. The van der Waals surface area contributed by atoms with E-state index in [0.717, 1.165) is 0 Å². The van der Waals surface area contributed by atoms with Gasteiger partial charge in [-0.3, -0.25) is 10.1 Å². The second-order valence-corrected chi connectivity index (χ2v) is 4.27. The Morgan fingerprint density at radius 1 is 1.42 bits per heavy atom. The van der Waals surface area contributed by atoms with Gasteiger partial charge in [-0.25, -0.2) is 4.79 Å². The van der Waals surface area contributed by atoms with Crippen LogP contribution in [-0.4, -0.2) is 24.6 Å². The molecule has 0 saturated carbocycles. The van der Waals surface area contributed by atoms with Crippen LogP contribution in [0.3, 0.4) is 0 Å². The summed E-state index contributed by atoms with van der Waals surface area (Å²) in [5.41, 5.74) is 0.480. The third-order valence-corrected chi connectivity index (χ3v) is 2.64. The van der Waals surface area contributed by atoms with Gasteiger partial charge in [0.05, 0.1) is 11.6 Å². The highest BCUT2D eigenvalue weighted by Crippen LogP contribution is 2.28. The van der Waals surface area contributed by atoms with E-state index in [0.29, 0.717) is 16.5 Å². The molecule has 0 bridgehead atoms. The standard InChI is InChI=1S/C13H16ClNO4/c1-4-18-13(17)15-10-5-6-11(14)12(7-10)19-9(3)8(2)16/h5-7,9H,4H2,1-3H3,(H,15,17). The van der Waals surface area contributed by atoms with Gasteiger partial charge in [-0.2, -0.15) is 0 Å². The van der Waals surface area contributed by atoms with Crippen LogP contribution < -0.4 is 10.1 Å². The fourth-order valence-electron chi connectivity index (χ4n) is 1.23. The first-order valence-corrected chi connectivity index (χ1v) is 6.22. The van der Waals surface area contributed by atoms with Crippen LogP contribution in [-0.2, 0) is 9.53 Å². The zero-order valence-electron chi connectivity index (χ0n) is 11.0. The number of carbonyl (C=O) groups excluding carboxylic acids is 2. The minimum absolute atomic E-state index is 0.111. The molecule has 0 aliphatic carbocycles. The summed E-state index contributed by atoms with van der Waals surface area (Å²) < 4.78 is 10.2. The Labute approximate surface area is 116 Å². The molecule has 0 spiro atoms. The molecule has 1 amide bonds. The summed E-state index contributed by atoms with van der Waals surface area (Å²) >= 11 is 5.96. The number of anilines is 1. The number of ether oxygens (including phenoxy) is 2. The number of carbonyl (C=O) groups is 2.